The summed E-state index contributed by atoms with van der Waals surface area (Å²) in [5.74, 6) is 0. The van der Waals surface area contributed by atoms with Crippen LogP contribution in [0.3, 0.4) is 0 Å². The zero-order chi connectivity index (χ0) is 23.3. The summed E-state index contributed by atoms with van der Waals surface area (Å²) in [7, 11) is 0. The van der Waals surface area contributed by atoms with Gasteiger partial charge in [-0.3, -0.25) is 0 Å². The normalized spacial score (nSPS) is 21.3. The van der Waals surface area contributed by atoms with Gasteiger partial charge in [0, 0.05) is 18.1 Å². The van der Waals surface area contributed by atoms with E-state index in [2.05, 4.69) is 36.1 Å². The molecule has 4 rings (SSSR count). The van der Waals surface area contributed by atoms with E-state index < -0.39 is 5.60 Å². The van der Waals surface area contributed by atoms with Crippen molar-refractivity contribution in [3.8, 4) is 0 Å². The third-order valence-electron chi connectivity index (χ3n) is 6.30. The Balaban J connectivity index is 1.65. The van der Waals surface area contributed by atoms with Crippen molar-refractivity contribution in [1.82, 2.24) is 4.90 Å². The van der Waals surface area contributed by atoms with Gasteiger partial charge in [-0.05, 0) is 53.9 Å². The lowest BCUT2D eigenvalue weighted by molar-refractivity contribution is -0.193. The van der Waals surface area contributed by atoms with Crippen LogP contribution in [-0.2, 0) is 28.3 Å². The van der Waals surface area contributed by atoms with Gasteiger partial charge in [-0.1, -0.05) is 90.3 Å². The first-order chi connectivity index (χ1) is 16.0. The quantitative estimate of drug-likeness (QED) is 0.320. The van der Waals surface area contributed by atoms with Crippen molar-refractivity contribution < 1.29 is 9.47 Å². The van der Waals surface area contributed by atoms with Crippen LogP contribution in [0.5, 0.6) is 0 Å². The van der Waals surface area contributed by atoms with Crippen molar-refractivity contribution in [3.63, 3.8) is 0 Å². The first kappa shape index (κ1) is 24.5. The second kappa shape index (κ2) is 11.2. The molecule has 33 heavy (non-hydrogen) atoms. The van der Waals surface area contributed by atoms with E-state index >= 15 is 0 Å². The van der Waals surface area contributed by atoms with E-state index in [1.807, 2.05) is 42.5 Å². The molecule has 0 bridgehead atoms. The maximum atomic E-state index is 6.78. The van der Waals surface area contributed by atoms with Gasteiger partial charge in [0.1, 0.15) is 11.7 Å². The molecule has 1 saturated heterocycles. The second-order valence-corrected chi connectivity index (χ2v) is 9.61. The van der Waals surface area contributed by atoms with Crippen molar-refractivity contribution in [2.75, 3.05) is 19.6 Å². The van der Waals surface area contributed by atoms with Crippen LogP contribution < -0.4 is 0 Å². The zero-order valence-electron chi connectivity index (χ0n) is 18.6. The minimum Gasteiger partial charge on any atom is -0.369 e. The molecule has 1 heterocycles. The molecule has 0 saturated carbocycles. The molecule has 1 aliphatic heterocycles. The minimum absolute atomic E-state index is 0.175. The molecule has 1 aliphatic rings. The van der Waals surface area contributed by atoms with E-state index in [0.717, 1.165) is 42.7 Å². The van der Waals surface area contributed by atoms with Gasteiger partial charge in [-0.2, -0.15) is 0 Å². The monoisotopic (exact) mass is 503 g/mol. The molecule has 0 N–H and O–H groups in total. The van der Waals surface area contributed by atoms with Crippen molar-refractivity contribution in [2.24, 2.45) is 0 Å². The molecule has 3 aromatic rings. The molecule has 0 aliphatic carbocycles. The van der Waals surface area contributed by atoms with Gasteiger partial charge in [0.15, 0.2) is 0 Å². The maximum Gasteiger partial charge on any atom is 0.122 e. The van der Waals surface area contributed by atoms with Crippen molar-refractivity contribution in [2.45, 2.75) is 38.3 Å². The molecule has 0 amide bonds. The van der Waals surface area contributed by atoms with Crippen LogP contribution in [0.25, 0.3) is 0 Å². The first-order valence-electron chi connectivity index (χ1n) is 11.2. The number of likely N-dealkylation sites (tertiary alicyclic amines) is 1. The van der Waals surface area contributed by atoms with E-state index in [-0.39, 0.29) is 6.10 Å². The second-order valence-electron chi connectivity index (χ2n) is 8.36. The van der Waals surface area contributed by atoms with Crippen LogP contribution in [0.1, 0.15) is 30.0 Å². The first-order valence-corrected chi connectivity index (χ1v) is 12.4. The van der Waals surface area contributed by atoms with E-state index in [9.17, 15) is 0 Å². The zero-order valence-corrected chi connectivity index (χ0v) is 20.9. The predicted molar refractivity (Wildman–Crippen MR) is 136 cm³/mol. The number of nitrogens with zero attached hydrogens (tertiary/aromatic N) is 1. The standard InChI is InChI=1S/C27H28Cl3NO2/c1-2-31-15-14-27(22-9-11-23(28)12-10-22,33-19-20-6-4-3-5-7-20)26(17-31)32-18-21-8-13-24(29)25(30)16-21/h3-13,16,26H,2,14-15,17-19H2,1H3/t26-,27-/m0/s1. The summed E-state index contributed by atoms with van der Waals surface area (Å²) in [4.78, 5) is 2.40. The summed E-state index contributed by atoms with van der Waals surface area (Å²) in [5.41, 5.74) is 2.60. The average Bonchev–Trinajstić information content (AvgIpc) is 2.85. The Bertz CT molecular complexity index is 1040. The van der Waals surface area contributed by atoms with Crippen LogP contribution in [0.15, 0.2) is 72.8 Å². The summed E-state index contributed by atoms with van der Waals surface area (Å²) in [6.07, 6.45) is 0.645. The van der Waals surface area contributed by atoms with Gasteiger partial charge in [0.25, 0.3) is 0 Å². The topological polar surface area (TPSA) is 21.7 Å². The molecule has 3 nitrogen and oxygen atoms in total. The summed E-state index contributed by atoms with van der Waals surface area (Å²) < 4.78 is 13.4. The highest BCUT2D eigenvalue weighted by Crippen LogP contribution is 2.40. The third-order valence-corrected chi connectivity index (χ3v) is 7.29. The lowest BCUT2D eigenvalue weighted by Crippen LogP contribution is -2.55. The molecule has 3 aromatic carbocycles. The van der Waals surface area contributed by atoms with Crippen molar-refractivity contribution >= 4 is 34.8 Å². The highest BCUT2D eigenvalue weighted by molar-refractivity contribution is 6.42. The Morgan fingerprint density at radius 2 is 1.64 bits per heavy atom. The number of piperidine rings is 1. The molecule has 0 radical (unpaired) electrons. The molecule has 0 spiro atoms. The summed E-state index contributed by atoms with van der Waals surface area (Å²) in [6.45, 7) is 5.76. The lowest BCUT2D eigenvalue weighted by Gasteiger charge is -2.47. The number of hydrogen-bond donors (Lipinski definition) is 0. The van der Waals surface area contributed by atoms with E-state index in [4.69, 9.17) is 44.3 Å². The third kappa shape index (κ3) is 5.92. The number of likely N-dealkylation sites (N-methyl/N-ethyl adjacent to an activating group) is 1. The molecule has 0 unspecified atom stereocenters. The van der Waals surface area contributed by atoms with Gasteiger partial charge >= 0.3 is 0 Å². The Morgan fingerprint density at radius 1 is 0.879 bits per heavy atom. The van der Waals surface area contributed by atoms with Crippen molar-refractivity contribution in [1.29, 1.82) is 0 Å². The van der Waals surface area contributed by atoms with E-state index in [1.54, 1.807) is 6.07 Å². The van der Waals surface area contributed by atoms with Gasteiger partial charge < -0.3 is 14.4 Å². The fourth-order valence-corrected chi connectivity index (χ4v) is 4.80. The highest BCUT2D eigenvalue weighted by atomic mass is 35.5. The molecule has 2 atom stereocenters. The molecule has 174 valence electrons. The van der Waals surface area contributed by atoms with Crippen molar-refractivity contribution in [3.05, 3.63) is 105 Å². The largest absolute Gasteiger partial charge is 0.369 e. The van der Waals surface area contributed by atoms with Crippen LogP contribution >= 0.6 is 34.8 Å². The number of halogens is 3. The van der Waals surface area contributed by atoms with Gasteiger partial charge in [-0.15, -0.1) is 0 Å². The summed E-state index contributed by atoms with van der Waals surface area (Å²) in [5, 5.41) is 1.77. The fourth-order valence-electron chi connectivity index (χ4n) is 4.36. The van der Waals surface area contributed by atoms with Gasteiger partial charge in [0.2, 0.25) is 0 Å². The van der Waals surface area contributed by atoms with Crippen LogP contribution in [0.2, 0.25) is 15.1 Å². The maximum absolute atomic E-state index is 6.78. The Hall–Kier alpha value is -1.59. The van der Waals surface area contributed by atoms with Crippen LogP contribution in [0, 0.1) is 0 Å². The Morgan fingerprint density at radius 3 is 2.33 bits per heavy atom. The summed E-state index contributed by atoms with van der Waals surface area (Å²) in [6, 6.07) is 23.8. The number of benzene rings is 3. The smallest absolute Gasteiger partial charge is 0.122 e. The molecule has 1 fully saturated rings. The molecule has 0 aromatic heterocycles. The van der Waals surface area contributed by atoms with E-state index in [0.29, 0.717) is 28.3 Å². The lowest BCUT2D eigenvalue weighted by atomic mass is 9.81. The predicted octanol–water partition coefficient (Wildman–Crippen LogP) is 7.37. The fraction of sp³-hybridized carbons (Fsp3) is 0.333. The average molecular weight is 505 g/mol. The van der Waals surface area contributed by atoms with Crippen LogP contribution in [0.4, 0.5) is 0 Å². The SMILES string of the molecule is CCN1CC[C@](OCc2ccccc2)(c2ccc(Cl)cc2)[C@@H](OCc2ccc(Cl)c(Cl)c2)C1. The number of ether oxygens (including phenoxy) is 2. The molecular formula is C27H28Cl3NO2. The Kier molecular flexibility index (Phi) is 8.34. The number of hydrogen-bond acceptors (Lipinski definition) is 3. The summed E-state index contributed by atoms with van der Waals surface area (Å²) >= 11 is 18.5. The molecular weight excluding hydrogens is 477 g/mol. The van der Waals surface area contributed by atoms with E-state index in [1.165, 1.54) is 0 Å². The Labute approximate surface area is 211 Å². The van der Waals surface area contributed by atoms with Gasteiger partial charge in [-0.25, -0.2) is 0 Å². The number of rotatable bonds is 8. The van der Waals surface area contributed by atoms with Gasteiger partial charge in [0.05, 0.1) is 23.3 Å². The minimum atomic E-state index is -0.595. The molecule has 6 heteroatoms. The van der Waals surface area contributed by atoms with Crippen LogP contribution in [-0.4, -0.2) is 30.6 Å². The highest BCUT2D eigenvalue weighted by Gasteiger charge is 2.46.